The van der Waals surface area contributed by atoms with Crippen molar-refractivity contribution in [3.8, 4) is 5.75 Å². The predicted molar refractivity (Wildman–Crippen MR) is 110 cm³/mol. The van der Waals surface area contributed by atoms with E-state index in [-0.39, 0.29) is 19.6 Å². The number of carbonyl (C=O) groups is 2. The summed E-state index contributed by atoms with van der Waals surface area (Å²) in [4.78, 5) is 39.2. The molecule has 0 radical (unpaired) electrons. The van der Waals surface area contributed by atoms with E-state index < -0.39 is 88.2 Å². The number of ether oxygens (including phenoxy) is 1. The maximum atomic E-state index is 13.9. The first-order valence-electron chi connectivity index (χ1n) is 10.6. The average molecular weight is 501 g/mol. The topological polar surface area (TPSA) is 101 Å². The molecular weight excluding hydrogens is 481 g/mol. The molecule has 4 rings (SSSR count). The number of alkyl halides is 2. The van der Waals surface area contributed by atoms with E-state index in [1.54, 1.807) is 0 Å². The van der Waals surface area contributed by atoms with Crippen LogP contribution in [-0.4, -0.2) is 59.1 Å². The molecule has 0 bridgehead atoms. The first-order valence-corrected chi connectivity index (χ1v) is 10.6. The molecule has 2 aliphatic rings. The Morgan fingerprint density at radius 3 is 2.51 bits per heavy atom. The van der Waals surface area contributed by atoms with Crippen LogP contribution in [0.4, 0.5) is 22.0 Å². The Morgan fingerprint density at radius 1 is 1.23 bits per heavy atom. The Bertz CT molecular complexity index is 1230. The molecule has 188 valence electrons. The van der Waals surface area contributed by atoms with Gasteiger partial charge < -0.3 is 24.6 Å². The second-order valence-corrected chi connectivity index (χ2v) is 8.34. The number of amides is 2. The van der Waals surface area contributed by atoms with Crippen LogP contribution in [-0.2, 0) is 11.3 Å². The maximum Gasteiger partial charge on any atom is 0.274 e. The molecule has 0 unspecified atom stereocenters. The van der Waals surface area contributed by atoms with E-state index >= 15 is 0 Å². The first kappa shape index (κ1) is 24.6. The van der Waals surface area contributed by atoms with Crippen molar-refractivity contribution in [1.82, 2.24) is 14.8 Å². The number of hydrogen-bond donors (Lipinski definition) is 2. The lowest BCUT2D eigenvalue weighted by Gasteiger charge is -2.38. The molecule has 3 heterocycles. The van der Waals surface area contributed by atoms with Crippen molar-refractivity contribution < 1.29 is 41.4 Å². The average Bonchev–Trinajstić information content (AvgIpc) is 2.88. The minimum absolute atomic E-state index is 0.128. The smallest absolute Gasteiger partial charge is 0.274 e. The summed E-state index contributed by atoms with van der Waals surface area (Å²) < 4.78 is 75.2. The molecule has 1 aromatic carbocycles. The van der Waals surface area contributed by atoms with Gasteiger partial charge in [0.25, 0.3) is 18.2 Å². The number of benzene rings is 1. The molecule has 1 saturated heterocycles. The molecular formula is C22H20F5N3O5. The fourth-order valence-corrected chi connectivity index (χ4v) is 4.63. The number of aromatic hydroxyl groups is 1. The third kappa shape index (κ3) is 4.24. The Balaban J connectivity index is 1.75. The number of aromatic nitrogens is 1. The molecule has 2 aliphatic heterocycles. The molecule has 2 aromatic rings. The van der Waals surface area contributed by atoms with Gasteiger partial charge >= 0.3 is 0 Å². The number of nitrogens with zero attached hydrogens (tertiary/aromatic N) is 2. The van der Waals surface area contributed by atoms with E-state index in [1.165, 1.54) is 0 Å². The lowest BCUT2D eigenvalue weighted by molar-refractivity contribution is -0.0457. The van der Waals surface area contributed by atoms with Crippen molar-refractivity contribution in [2.75, 3.05) is 20.3 Å². The van der Waals surface area contributed by atoms with E-state index in [4.69, 9.17) is 4.74 Å². The minimum Gasteiger partial charge on any atom is -0.503 e. The molecule has 1 fully saturated rings. The van der Waals surface area contributed by atoms with Gasteiger partial charge in [0, 0.05) is 50.0 Å². The van der Waals surface area contributed by atoms with Crippen LogP contribution in [0.3, 0.4) is 0 Å². The summed E-state index contributed by atoms with van der Waals surface area (Å²) >= 11 is 0. The van der Waals surface area contributed by atoms with Crippen LogP contribution in [0.1, 0.15) is 38.9 Å². The lowest BCUT2D eigenvalue weighted by atomic mass is 9.87. The van der Waals surface area contributed by atoms with Crippen LogP contribution < -0.4 is 10.7 Å². The largest absolute Gasteiger partial charge is 0.503 e. The van der Waals surface area contributed by atoms with Gasteiger partial charge in [-0.3, -0.25) is 14.4 Å². The van der Waals surface area contributed by atoms with Crippen LogP contribution in [0.15, 0.2) is 23.1 Å². The molecule has 35 heavy (non-hydrogen) atoms. The summed E-state index contributed by atoms with van der Waals surface area (Å²) in [5, 5.41) is 12.7. The highest BCUT2D eigenvalue weighted by Gasteiger charge is 2.47. The number of rotatable bonds is 4. The summed E-state index contributed by atoms with van der Waals surface area (Å²) in [7, 11) is 1.14. The minimum atomic E-state index is -2.93. The Morgan fingerprint density at radius 2 is 1.89 bits per heavy atom. The molecule has 3 atom stereocenters. The van der Waals surface area contributed by atoms with Crippen LogP contribution in [0.5, 0.6) is 5.75 Å². The molecule has 1 aromatic heterocycles. The second-order valence-electron chi connectivity index (χ2n) is 8.34. The summed E-state index contributed by atoms with van der Waals surface area (Å²) in [5.41, 5.74) is -3.21. The van der Waals surface area contributed by atoms with Crippen LogP contribution in [0.25, 0.3) is 0 Å². The van der Waals surface area contributed by atoms with E-state index in [9.17, 15) is 41.4 Å². The van der Waals surface area contributed by atoms with Crippen molar-refractivity contribution >= 4 is 11.8 Å². The van der Waals surface area contributed by atoms with Gasteiger partial charge in [0.1, 0.15) is 23.0 Å². The summed E-state index contributed by atoms with van der Waals surface area (Å²) in [6.45, 7) is -0.740. The lowest BCUT2D eigenvalue weighted by Crippen LogP contribution is -2.48. The predicted octanol–water partition coefficient (Wildman–Crippen LogP) is 2.20. The second kappa shape index (κ2) is 9.29. The number of hydrogen-bond acceptors (Lipinski definition) is 5. The van der Waals surface area contributed by atoms with Gasteiger partial charge in [0.15, 0.2) is 11.4 Å². The number of carbonyl (C=O) groups excluding carboxylic acids is 2. The van der Waals surface area contributed by atoms with Crippen molar-refractivity contribution in [1.29, 1.82) is 0 Å². The summed E-state index contributed by atoms with van der Waals surface area (Å²) in [6, 6.07) is -1.62. The SMILES string of the molecule is CN1C(=O)c2c(O)c(=O)c(C(=O)NCc3c(F)cc(F)cc3F)cn2[C@H]2COCC[C@H]2[C@H]1C(F)F. The van der Waals surface area contributed by atoms with Crippen molar-refractivity contribution in [2.24, 2.45) is 5.92 Å². The van der Waals surface area contributed by atoms with Crippen LogP contribution in [0, 0.1) is 23.4 Å². The van der Waals surface area contributed by atoms with E-state index in [1.807, 2.05) is 0 Å². The third-order valence-electron chi connectivity index (χ3n) is 6.39. The first-order chi connectivity index (χ1) is 16.5. The Kier molecular flexibility index (Phi) is 6.54. The van der Waals surface area contributed by atoms with Gasteiger partial charge in [-0.15, -0.1) is 0 Å². The Hall–Kier alpha value is -3.48. The zero-order chi connectivity index (χ0) is 25.6. The normalized spacial score (nSPS) is 22.0. The highest BCUT2D eigenvalue weighted by Crippen LogP contribution is 2.39. The number of pyridine rings is 1. The Labute approximate surface area is 194 Å². The third-order valence-corrected chi connectivity index (χ3v) is 6.39. The fraction of sp³-hybridized carbons (Fsp3) is 0.409. The van der Waals surface area contributed by atoms with Crippen LogP contribution in [0.2, 0.25) is 0 Å². The molecule has 8 nitrogen and oxygen atoms in total. The molecule has 0 aliphatic carbocycles. The van der Waals surface area contributed by atoms with Gasteiger partial charge in [-0.25, -0.2) is 22.0 Å². The molecule has 13 heteroatoms. The maximum absolute atomic E-state index is 13.9. The van der Waals surface area contributed by atoms with Gasteiger partial charge in [0.2, 0.25) is 5.43 Å². The summed E-state index contributed by atoms with van der Waals surface area (Å²) in [6.07, 6.45) is -1.84. The summed E-state index contributed by atoms with van der Waals surface area (Å²) in [5.74, 6) is -7.84. The van der Waals surface area contributed by atoms with Gasteiger partial charge in [0.05, 0.1) is 18.7 Å². The van der Waals surface area contributed by atoms with Gasteiger partial charge in [-0.05, 0) is 6.42 Å². The van der Waals surface area contributed by atoms with Crippen molar-refractivity contribution in [3.05, 3.63) is 62.8 Å². The number of halogens is 5. The van der Waals surface area contributed by atoms with Crippen LogP contribution >= 0.6 is 0 Å². The highest BCUT2D eigenvalue weighted by molar-refractivity contribution is 5.99. The molecule has 2 amide bonds. The molecule has 0 saturated carbocycles. The molecule has 2 N–H and O–H groups in total. The fourth-order valence-electron chi connectivity index (χ4n) is 4.63. The van der Waals surface area contributed by atoms with Crippen molar-refractivity contribution in [3.63, 3.8) is 0 Å². The van der Waals surface area contributed by atoms with E-state index in [0.29, 0.717) is 12.1 Å². The zero-order valence-electron chi connectivity index (χ0n) is 18.2. The van der Waals surface area contributed by atoms with E-state index in [0.717, 1.165) is 22.7 Å². The highest BCUT2D eigenvalue weighted by atomic mass is 19.3. The number of nitrogens with one attached hydrogen (secondary N) is 1. The van der Waals surface area contributed by atoms with Gasteiger partial charge in [-0.1, -0.05) is 0 Å². The molecule has 0 spiro atoms. The van der Waals surface area contributed by atoms with E-state index in [2.05, 4.69) is 5.32 Å². The van der Waals surface area contributed by atoms with Gasteiger partial charge in [-0.2, -0.15) is 0 Å². The van der Waals surface area contributed by atoms with Crippen molar-refractivity contribution in [2.45, 2.75) is 31.5 Å². The standard InChI is InChI=1S/C22H20F5N3O5/c1-29-16(20(26)27)10-2-3-35-8-15(10)30-7-12(18(31)19(32)17(30)22(29)34)21(33)28-6-11-13(24)4-9(23)5-14(11)25/h4-5,7,10,15-16,20,32H,2-3,6,8H2,1H3,(H,28,33)/t10-,15+,16+/m1/s1. The monoisotopic (exact) mass is 501 g/mol. The number of fused-ring (bicyclic) bond motifs is 3. The zero-order valence-corrected chi connectivity index (χ0v) is 18.2. The quantitative estimate of drug-likeness (QED) is 0.626.